The molecule has 0 saturated heterocycles. The molecule has 0 amide bonds. The van der Waals surface area contributed by atoms with Crippen LogP contribution in [0.4, 0.5) is 23.2 Å². The first-order valence-electron chi connectivity index (χ1n) is 7.33. The number of ketones is 1. The van der Waals surface area contributed by atoms with E-state index in [1.165, 1.54) is 19.9 Å². The molecule has 0 aliphatic heterocycles. The van der Waals surface area contributed by atoms with Gasteiger partial charge in [0, 0.05) is 29.1 Å². The number of ether oxygens (including phenoxy) is 1. The monoisotopic (exact) mass is 374 g/mol. The summed E-state index contributed by atoms with van der Waals surface area (Å²) in [5, 5.41) is 10.9. The number of Topliss-reactive ketones (excluding diaryl/α,β-unsaturated/α-hetero) is 1. The zero-order valence-corrected chi connectivity index (χ0v) is 13.8. The molecule has 26 heavy (non-hydrogen) atoms. The number of benzene rings is 1. The Kier molecular flexibility index (Phi) is 5.33. The van der Waals surface area contributed by atoms with Gasteiger partial charge in [0.05, 0.1) is 4.92 Å². The van der Waals surface area contributed by atoms with Crippen LogP contribution in [0.2, 0.25) is 0 Å². The molecule has 0 aliphatic rings. The second kappa shape index (κ2) is 7.14. The van der Waals surface area contributed by atoms with Gasteiger partial charge in [-0.1, -0.05) is 0 Å². The van der Waals surface area contributed by atoms with Crippen molar-refractivity contribution >= 4 is 11.5 Å². The van der Waals surface area contributed by atoms with Crippen LogP contribution in [-0.4, -0.2) is 28.1 Å². The highest BCUT2D eigenvalue weighted by Crippen LogP contribution is 2.28. The number of aryl methyl sites for hydroxylation is 1. The van der Waals surface area contributed by atoms with Crippen LogP contribution in [0, 0.1) is 29.8 Å². The third-order valence-electron chi connectivity index (χ3n) is 3.69. The van der Waals surface area contributed by atoms with Crippen molar-refractivity contribution in [2.75, 3.05) is 6.61 Å². The van der Waals surface area contributed by atoms with E-state index in [9.17, 15) is 32.5 Å². The van der Waals surface area contributed by atoms with Crippen LogP contribution in [-0.2, 0) is 6.54 Å². The molecule has 0 unspecified atom stereocenters. The molecule has 0 bridgehead atoms. The molecule has 1 aromatic carbocycles. The van der Waals surface area contributed by atoms with E-state index in [4.69, 9.17) is 4.74 Å². The van der Waals surface area contributed by atoms with Gasteiger partial charge in [0.25, 0.3) is 0 Å². The molecule has 0 aliphatic carbocycles. The number of rotatable bonds is 6. The molecule has 1 heterocycles. The minimum atomic E-state index is -4.45. The number of hydrogen-bond donors (Lipinski definition) is 0. The minimum absolute atomic E-state index is 0.00538. The van der Waals surface area contributed by atoms with Crippen molar-refractivity contribution in [3.8, 4) is 5.75 Å². The van der Waals surface area contributed by atoms with Gasteiger partial charge in [0.1, 0.15) is 12.4 Å². The Hall–Kier alpha value is -2.91. The zero-order chi connectivity index (χ0) is 19.6. The minimum Gasteiger partial charge on any atom is -0.478 e. The lowest BCUT2D eigenvalue weighted by Gasteiger charge is -2.12. The van der Waals surface area contributed by atoms with Crippen LogP contribution < -0.4 is 4.74 Å². The molecule has 0 radical (unpaired) electrons. The van der Waals surface area contributed by atoms with Crippen LogP contribution in [0.5, 0.6) is 5.75 Å². The fourth-order valence-corrected chi connectivity index (χ4v) is 2.48. The van der Waals surface area contributed by atoms with Crippen LogP contribution in [0.25, 0.3) is 0 Å². The first-order valence-corrected chi connectivity index (χ1v) is 7.33. The molecule has 0 saturated carbocycles. The maximum atomic E-state index is 13.2. The van der Waals surface area contributed by atoms with E-state index in [0.717, 1.165) is 22.8 Å². The van der Waals surface area contributed by atoms with Gasteiger partial charge in [0.15, 0.2) is 12.4 Å². The Morgan fingerprint density at radius 2 is 1.92 bits per heavy atom. The lowest BCUT2D eigenvalue weighted by atomic mass is 10.1. The van der Waals surface area contributed by atoms with Gasteiger partial charge in [-0.2, -0.15) is 13.2 Å². The summed E-state index contributed by atoms with van der Waals surface area (Å²) in [5.74, 6) is -1.90. The summed E-state index contributed by atoms with van der Waals surface area (Å²) in [6.07, 6.45) is -4.45. The van der Waals surface area contributed by atoms with Crippen molar-refractivity contribution in [3.05, 3.63) is 57.1 Å². The fourth-order valence-electron chi connectivity index (χ4n) is 2.48. The van der Waals surface area contributed by atoms with E-state index in [1.807, 2.05) is 0 Å². The number of hydrogen-bond acceptors (Lipinski definition) is 4. The fraction of sp³-hybridized carbons (Fsp3) is 0.312. The largest absolute Gasteiger partial charge is 0.478 e. The van der Waals surface area contributed by atoms with E-state index in [-0.39, 0.29) is 17.0 Å². The van der Waals surface area contributed by atoms with Crippen molar-refractivity contribution in [2.24, 2.45) is 0 Å². The van der Waals surface area contributed by atoms with Crippen LogP contribution in [0.1, 0.15) is 21.7 Å². The van der Waals surface area contributed by atoms with Crippen molar-refractivity contribution in [1.29, 1.82) is 0 Å². The second-order valence-corrected chi connectivity index (χ2v) is 5.57. The van der Waals surface area contributed by atoms with Crippen molar-refractivity contribution in [3.63, 3.8) is 0 Å². The maximum Gasteiger partial charge on any atom is 0.406 e. The zero-order valence-electron chi connectivity index (χ0n) is 13.8. The standard InChI is InChI=1S/C16H14F4N2O4/c1-9-5-12(10(2)21(9)8-16(18,19)20)14(23)7-26-15-6-11(17)3-4-13(15)22(24)25/h3-6H,7-8H2,1-2H3. The lowest BCUT2D eigenvalue weighted by Crippen LogP contribution is -2.20. The Labute approximate surface area is 145 Å². The molecular formula is C16H14F4N2O4. The average Bonchev–Trinajstić information content (AvgIpc) is 2.79. The predicted molar refractivity (Wildman–Crippen MR) is 82.8 cm³/mol. The summed E-state index contributed by atoms with van der Waals surface area (Å²) in [4.78, 5) is 22.3. The predicted octanol–water partition coefficient (Wildman–Crippen LogP) is 3.98. The van der Waals surface area contributed by atoms with E-state index in [2.05, 4.69) is 0 Å². The molecule has 2 rings (SSSR count). The first-order chi connectivity index (χ1) is 12.0. The number of nitro groups is 1. The van der Waals surface area contributed by atoms with Crippen LogP contribution in [0.15, 0.2) is 24.3 Å². The molecule has 0 N–H and O–H groups in total. The maximum absolute atomic E-state index is 13.2. The van der Waals surface area contributed by atoms with Gasteiger partial charge >= 0.3 is 11.9 Å². The van der Waals surface area contributed by atoms with Crippen molar-refractivity contribution < 1.29 is 32.0 Å². The summed E-state index contributed by atoms with van der Waals surface area (Å²) >= 11 is 0. The number of halogens is 4. The highest BCUT2D eigenvalue weighted by atomic mass is 19.4. The average molecular weight is 374 g/mol. The topological polar surface area (TPSA) is 74.4 Å². The number of aromatic nitrogens is 1. The van der Waals surface area contributed by atoms with Crippen LogP contribution in [0.3, 0.4) is 0 Å². The molecule has 6 nitrogen and oxygen atoms in total. The highest BCUT2D eigenvalue weighted by Gasteiger charge is 2.30. The molecule has 0 atom stereocenters. The van der Waals surface area contributed by atoms with Gasteiger partial charge in [-0.05, 0) is 26.0 Å². The number of nitrogens with zero attached hydrogens (tertiary/aromatic N) is 2. The summed E-state index contributed by atoms with van der Waals surface area (Å²) in [5.41, 5.74) is -0.186. The Balaban J connectivity index is 2.21. The number of carbonyl (C=O) groups is 1. The molecule has 1 aromatic heterocycles. The van der Waals surface area contributed by atoms with E-state index >= 15 is 0 Å². The lowest BCUT2D eigenvalue weighted by molar-refractivity contribution is -0.385. The summed E-state index contributed by atoms with van der Waals surface area (Å²) < 4.78 is 57.0. The number of carbonyl (C=O) groups excluding carboxylic acids is 1. The van der Waals surface area contributed by atoms with Gasteiger partial charge in [-0.25, -0.2) is 4.39 Å². The van der Waals surface area contributed by atoms with E-state index < -0.39 is 47.3 Å². The van der Waals surface area contributed by atoms with Crippen molar-refractivity contribution in [2.45, 2.75) is 26.6 Å². The third kappa shape index (κ3) is 4.38. The number of alkyl halides is 3. The molecule has 0 spiro atoms. The van der Waals surface area contributed by atoms with E-state index in [0.29, 0.717) is 0 Å². The highest BCUT2D eigenvalue weighted by molar-refractivity contribution is 5.98. The second-order valence-electron chi connectivity index (χ2n) is 5.57. The smallest absolute Gasteiger partial charge is 0.406 e. The van der Waals surface area contributed by atoms with Gasteiger partial charge < -0.3 is 9.30 Å². The molecule has 0 fully saturated rings. The third-order valence-corrected chi connectivity index (χ3v) is 3.69. The Morgan fingerprint density at radius 3 is 2.50 bits per heavy atom. The first kappa shape index (κ1) is 19.4. The van der Waals surface area contributed by atoms with Crippen molar-refractivity contribution in [1.82, 2.24) is 4.57 Å². The van der Waals surface area contributed by atoms with Gasteiger partial charge in [-0.15, -0.1) is 0 Å². The summed E-state index contributed by atoms with van der Waals surface area (Å²) in [6.45, 7) is 0.860. The normalized spacial score (nSPS) is 11.5. The SMILES string of the molecule is Cc1cc(C(=O)COc2cc(F)ccc2[N+](=O)[O-])c(C)n1CC(F)(F)F. The van der Waals surface area contributed by atoms with Gasteiger partial charge in [-0.3, -0.25) is 14.9 Å². The van der Waals surface area contributed by atoms with Gasteiger partial charge in [0.2, 0.25) is 5.78 Å². The van der Waals surface area contributed by atoms with E-state index in [1.54, 1.807) is 0 Å². The summed E-state index contributed by atoms with van der Waals surface area (Å²) in [6, 6.07) is 3.81. The molecule has 140 valence electrons. The molecule has 10 heteroatoms. The molecule has 2 aromatic rings. The number of nitro benzene ring substituents is 1. The Bertz CT molecular complexity index is 859. The molecular weight excluding hydrogens is 360 g/mol. The quantitative estimate of drug-likeness (QED) is 0.332. The van der Waals surface area contributed by atoms with Crippen LogP contribution >= 0.6 is 0 Å². The Morgan fingerprint density at radius 1 is 1.27 bits per heavy atom. The summed E-state index contributed by atoms with van der Waals surface area (Å²) in [7, 11) is 0.